The molecule has 0 aromatic heterocycles. The summed E-state index contributed by atoms with van der Waals surface area (Å²) in [5, 5.41) is 0. The lowest BCUT2D eigenvalue weighted by Gasteiger charge is -2.44. The lowest BCUT2D eigenvalue weighted by Crippen LogP contribution is -2.47. The number of benzene rings is 1. The highest BCUT2D eigenvalue weighted by atomic mass is 15.1. The van der Waals surface area contributed by atoms with Gasteiger partial charge in [-0.15, -0.1) is 0 Å². The van der Waals surface area contributed by atoms with Crippen molar-refractivity contribution in [1.29, 1.82) is 0 Å². The molecule has 0 radical (unpaired) electrons. The number of nitrogens with two attached hydrogens (primary N) is 1. The van der Waals surface area contributed by atoms with Crippen LogP contribution < -0.4 is 5.73 Å². The third-order valence-electron chi connectivity index (χ3n) is 4.06. The molecule has 0 bridgehead atoms. The van der Waals surface area contributed by atoms with Crippen LogP contribution in [0.25, 0.3) is 0 Å². The maximum absolute atomic E-state index is 5.86. The first-order valence-electron chi connectivity index (χ1n) is 6.58. The number of nitrogens with zero attached hydrogens (tertiary/aromatic N) is 1. The fourth-order valence-electron chi connectivity index (χ4n) is 2.93. The van der Waals surface area contributed by atoms with Gasteiger partial charge < -0.3 is 5.73 Å². The summed E-state index contributed by atoms with van der Waals surface area (Å²) in [7, 11) is 0. The molecule has 2 rings (SSSR count). The van der Waals surface area contributed by atoms with Crippen molar-refractivity contribution in [3.8, 4) is 0 Å². The van der Waals surface area contributed by atoms with Gasteiger partial charge in [0, 0.05) is 13.1 Å². The maximum Gasteiger partial charge on any atom is 0.0233 e. The van der Waals surface area contributed by atoms with Crippen LogP contribution in [0.3, 0.4) is 0 Å². The highest BCUT2D eigenvalue weighted by Gasteiger charge is 2.34. The predicted molar refractivity (Wildman–Crippen MR) is 72.7 cm³/mol. The Kier molecular flexibility index (Phi) is 3.85. The number of piperidine rings is 1. The van der Waals surface area contributed by atoms with Gasteiger partial charge in [-0.05, 0) is 36.4 Å². The second kappa shape index (κ2) is 5.19. The standard InChI is InChI=1S/C15H24N2/c1-15(2)12-17(9-8-14(15)10-16)11-13-6-4-3-5-7-13/h3-7,14H,8-12,16H2,1-2H3. The van der Waals surface area contributed by atoms with Crippen molar-refractivity contribution in [2.24, 2.45) is 17.1 Å². The topological polar surface area (TPSA) is 29.3 Å². The SMILES string of the molecule is CC1(C)CN(Cc2ccccc2)CCC1CN. The maximum atomic E-state index is 5.86. The van der Waals surface area contributed by atoms with Gasteiger partial charge in [0.15, 0.2) is 0 Å². The van der Waals surface area contributed by atoms with Crippen LogP contribution in [0, 0.1) is 11.3 Å². The van der Waals surface area contributed by atoms with Crippen molar-refractivity contribution >= 4 is 0 Å². The average Bonchev–Trinajstić information content (AvgIpc) is 2.29. The molecule has 94 valence electrons. The summed E-state index contributed by atoms with van der Waals surface area (Å²) < 4.78 is 0. The van der Waals surface area contributed by atoms with E-state index >= 15 is 0 Å². The molecule has 1 unspecified atom stereocenters. The van der Waals surface area contributed by atoms with E-state index in [2.05, 4.69) is 49.1 Å². The van der Waals surface area contributed by atoms with Crippen molar-refractivity contribution < 1.29 is 0 Å². The van der Waals surface area contributed by atoms with Gasteiger partial charge in [-0.2, -0.15) is 0 Å². The highest BCUT2D eigenvalue weighted by Crippen LogP contribution is 2.34. The van der Waals surface area contributed by atoms with E-state index in [1.54, 1.807) is 0 Å². The van der Waals surface area contributed by atoms with E-state index in [0.717, 1.165) is 19.6 Å². The molecular weight excluding hydrogens is 208 g/mol. The van der Waals surface area contributed by atoms with Crippen LogP contribution in [0.4, 0.5) is 0 Å². The molecule has 2 nitrogen and oxygen atoms in total. The zero-order chi connectivity index (χ0) is 12.3. The number of rotatable bonds is 3. The van der Waals surface area contributed by atoms with Gasteiger partial charge in [0.1, 0.15) is 0 Å². The molecule has 1 heterocycles. The number of hydrogen-bond donors (Lipinski definition) is 1. The highest BCUT2D eigenvalue weighted by molar-refractivity contribution is 5.14. The number of likely N-dealkylation sites (tertiary alicyclic amines) is 1. The first-order chi connectivity index (χ1) is 8.12. The van der Waals surface area contributed by atoms with Gasteiger partial charge in [0.25, 0.3) is 0 Å². The molecule has 2 N–H and O–H groups in total. The first-order valence-corrected chi connectivity index (χ1v) is 6.58. The Morgan fingerprint density at radius 3 is 2.59 bits per heavy atom. The molecule has 1 aromatic rings. The van der Waals surface area contributed by atoms with Crippen molar-refractivity contribution in [2.45, 2.75) is 26.8 Å². The molecule has 0 amide bonds. The third kappa shape index (κ3) is 3.08. The fraction of sp³-hybridized carbons (Fsp3) is 0.600. The summed E-state index contributed by atoms with van der Waals surface area (Å²) in [6.07, 6.45) is 1.23. The zero-order valence-corrected chi connectivity index (χ0v) is 11.0. The van der Waals surface area contributed by atoms with Gasteiger partial charge in [0.2, 0.25) is 0 Å². The normalized spacial score (nSPS) is 24.8. The summed E-state index contributed by atoms with van der Waals surface area (Å²) >= 11 is 0. The molecule has 1 fully saturated rings. The summed E-state index contributed by atoms with van der Waals surface area (Å²) in [5.74, 6) is 0.675. The van der Waals surface area contributed by atoms with Gasteiger partial charge in [-0.25, -0.2) is 0 Å². The summed E-state index contributed by atoms with van der Waals surface area (Å²) in [6.45, 7) is 8.93. The van der Waals surface area contributed by atoms with E-state index < -0.39 is 0 Å². The molecule has 17 heavy (non-hydrogen) atoms. The van der Waals surface area contributed by atoms with Crippen LogP contribution in [0.5, 0.6) is 0 Å². The lowest BCUT2D eigenvalue weighted by molar-refractivity contribution is 0.0548. The molecule has 1 aliphatic heterocycles. The van der Waals surface area contributed by atoms with E-state index in [1.165, 1.54) is 18.5 Å². The largest absolute Gasteiger partial charge is 0.330 e. The molecule has 1 aliphatic rings. The second-order valence-electron chi connectivity index (χ2n) is 5.91. The van der Waals surface area contributed by atoms with Crippen molar-refractivity contribution in [3.05, 3.63) is 35.9 Å². The Balaban J connectivity index is 1.97. The third-order valence-corrected chi connectivity index (χ3v) is 4.06. The van der Waals surface area contributed by atoms with Gasteiger partial charge in [-0.3, -0.25) is 4.90 Å². The van der Waals surface area contributed by atoms with E-state index in [9.17, 15) is 0 Å². The Bertz CT molecular complexity index is 345. The van der Waals surface area contributed by atoms with E-state index in [1.807, 2.05) is 0 Å². The lowest BCUT2D eigenvalue weighted by atomic mass is 9.74. The molecular formula is C15H24N2. The van der Waals surface area contributed by atoms with Crippen LogP contribution in [0.2, 0.25) is 0 Å². The summed E-state index contributed by atoms with van der Waals surface area (Å²) in [5.41, 5.74) is 7.62. The van der Waals surface area contributed by atoms with E-state index in [-0.39, 0.29) is 0 Å². The Labute approximate surface area is 105 Å². The monoisotopic (exact) mass is 232 g/mol. The Hall–Kier alpha value is -0.860. The Morgan fingerprint density at radius 2 is 2.00 bits per heavy atom. The van der Waals surface area contributed by atoms with Crippen molar-refractivity contribution in [2.75, 3.05) is 19.6 Å². The number of hydrogen-bond acceptors (Lipinski definition) is 2. The molecule has 0 saturated carbocycles. The Morgan fingerprint density at radius 1 is 1.29 bits per heavy atom. The van der Waals surface area contributed by atoms with Gasteiger partial charge >= 0.3 is 0 Å². The molecule has 1 atom stereocenters. The quantitative estimate of drug-likeness (QED) is 0.867. The van der Waals surface area contributed by atoms with E-state index in [0.29, 0.717) is 11.3 Å². The fourth-order valence-corrected chi connectivity index (χ4v) is 2.93. The van der Waals surface area contributed by atoms with E-state index in [4.69, 9.17) is 5.73 Å². The zero-order valence-electron chi connectivity index (χ0n) is 11.0. The van der Waals surface area contributed by atoms with Crippen molar-refractivity contribution in [1.82, 2.24) is 4.90 Å². The van der Waals surface area contributed by atoms with Crippen LogP contribution >= 0.6 is 0 Å². The van der Waals surface area contributed by atoms with Crippen LogP contribution in [-0.4, -0.2) is 24.5 Å². The summed E-state index contributed by atoms with van der Waals surface area (Å²) in [6, 6.07) is 10.7. The minimum absolute atomic E-state index is 0.349. The predicted octanol–water partition coefficient (Wildman–Crippen LogP) is 2.49. The minimum Gasteiger partial charge on any atom is -0.330 e. The van der Waals surface area contributed by atoms with Gasteiger partial charge in [0.05, 0.1) is 0 Å². The minimum atomic E-state index is 0.349. The summed E-state index contributed by atoms with van der Waals surface area (Å²) in [4.78, 5) is 2.56. The molecule has 0 spiro atoms. The molecule has 2 heteroatoms. The van der Waals surface area contributed by atoms with Crippen LogP contribution in [-0.2, 0) is 6.54 Å². The molecule has 1 aromatic carbocycles. The van der Waals surface area contributed by atoms with Crippen molar-refractivity contribution in [3.63, 3.8) is 0 Å². The smallest absolute Gasteiger partial charge is 0.0233 e. The van der Waals surface area contributed by atoms with Crippen LogP contribution in [0.15, 0.2) is 30.3 Å². The average molecular weight is 232 g/mol. The first kappa shape index (κ1) is 12.6. The van der Waals surface area contributed by atoms with Crippen LogP contribution in [0.1, 0.15) is 25.8 Å². The molecule has 0 aliphatic carbocycles. The second-order valence-corrected chi connectivity index (χ2v) is 5.91. The van der Waals surface area contributed by atoms with Gasteiger partial charge in [-0.1, -0.05) is 44.2 Å². The molecule has 1 saturated heterocycles.